The molecule has 0 bridgehead atoms. The van der Waals surface area contributed by atoms with Crippen molar-refractivity contribution in [1.82, 2.24) is 0 Å². The maximum absolute atomic E-state index is 6.86. The molecule has 3 heteroatoms. The van der Waals surface area contributed by atoms with Gasteiger partial charge in [0.25, 0.3) is 0 Å². The van der Waals surface area contributed by atoms with Gasteiger partial charge in [-0.05, 0) is 140 Å². The molecule has 71 heavy (non-hydrogen) atoms. The summed E-state index contributed by atoms with van der Waals surface area (Å²) in [5.74, 6) is 0.931. The SMILES string of the molecule is CC(C)c1ccc(-c2ccccc2N(c2ccccc2)c2ccc3cc4c(cc3c2)oc2cc3cc(N(c5ccccc5-c5ccccc5)c5ccccc5-c5ccc(C(C)C)cc5)ccc3cc24)cc1. The van der Waals surface area contributed by atoms with Crippen LogP contribution in [0, 0.1) is 0 Å². The maximum Gasteiger partial charge on any atom is 0.136 e. The molecule has 12 aromatic rings. The van der Waals surface area contributed by atoms with E-state index in [1.54, 1.807) is 0 Å². The van der Waals surface area contributed by atoms with Crippen molar-refractivity contribution >= 4 is 77.6 Å². The minimum atomic E-state index is 0.458. The summed E-state index contributed by atoms with van der Waals surface area (Å²) >= 11 is 0. The molecule has 0 amide bonds. The third kappa shape index (κ3) is 8.20. The van der Waals surface area contributed by atoms with Crippen LogP contribution in [0.2, 0.25) is 0 Å². The third-order valence-corrected chi connectivity index (χ3v) is 14.2. The van der Waals surface area contributed by atoms with Gasteiger partial charge in [-0.1, -0.05) is 191 Å². The number of furan rings is 1. The molecule has 0 saturated heterocycles. The first-order valence-electron chi connectivity index (χ1n) is 24.9. The lowest BCUT2D eigenvalue weighted by molar-refractivity contribution is 0.670. The third-order valence-electron chi connectivity index (χ3n) is 14.2. The van der Waals surface area contributed by atoms with E-state index in [0.717, 1.165) is 83.2 Å². The van der Waals surface area contributed by atoms with Gasteiger partial charge in [0.2, 0.25) is 0 Å². The van der Waals surface area contributed by atoms with E-state index in [1.807, 2.05) is 0 Å². The molecule has 1 aromatic heterocycles. The first-order chi connectivity index (χ1) is 34.8. The van der Waals surface area contributed by atoms with Crippen LogP contribution >= 0.6 is 0 Å². The van der Waals surface area contributed by atoms with Crippen LogP contribution in [0.1, 0.15) is 50.7 Å². The number of nitrogens with zero attached hydrogens (tertiary/aromatic N) is 2. The summed E-state index contributed by atoms with van der Waals surface area (Å²) in [4.78, 5) is 4.81. The van der Waals surface area contributed by atoms with Crippen molar-refractivity contribution in [2.24, 2.45) is 0 Å². The fourth-order valence-corrected chi connectivity index (χ4v) is 10.4. The molecule has 0 atom stereocenters. The number of para-hydroxylation sites is 4. The average molecular weight is 915 g/mol. The second kappa shape index (κ2) is 18.3. The van der Waals surface area contributed by atoms with Crippen LogP contribution < -0.4 is 9.80 Å². The minimum absolute atomic E-state index is 0.458. The molecule has 12 rings (SSSR count). The molecular formula is C68H54N2O. The van der Waals surface area contributed by atoms with Crippen molar-refractivity contribution in [1.29, 1.82) is 0 Å². The first kappa shape index (κ1) is 43.6. The van der Waals surface area contributed by atoms with Crippen LogP contribution in [0.3, 0.4) is 0 Å². The van der Waals surface area contributed by atoms with Crippen molar-refractivity contribution in [3.63, 3.8) is 0 Å². The molecule has 0 unspecified atom stereocenters. The molecule has 0 radical (unpaired) electrons. The van der Waals surface area contributed by atoms with Crippen LogP contribution in [-0.2, 0) is 0 Å². The van der Waals surface area contributed by atoms with E-state index in [9.17, 15) is 0 Å². The van der Waals surface area contributed by atoms with Gasteiger partial charge in [0, 0.05) is 44.5 Å². The summed E-state index contributed by atoms with van der Waals surface area (Å²) in [5.41, 5.74) is 18.0. The van der Waals surface area contributed by atoms with Gasteiger partial charge in [0.05, 0.1) is 17.1 Å². The van der Waals surface area contributed by atoms with Gasteiger partial charge in [0.15, 0.2) is 0 Å². The van der Waals surface area contributed by atoms with Crippen molar-refractivity contribution in [2.75, 3.05) is 9.80 Å². The standard InChI is InChI=1S/C68H54N2O/c1-45(2)47-27-31-50(32-28-47)60-22-11-14-24-64(60)69(56-19-9-6-10-20-56)57-37-35-52-41-62-63-42-53-36-38-58(40-55(53)44-68(63)71-67(62)43-54(52)39-57)70(65-25-15-12-21-59(65)49-17-7-5-8-18-49)66-26-16-13-23-61(66)51-33-29-48(30-34-51)46(3)4/h5-46H,1-4H3. The van der Waals surface area contributed by atoms with Crippen LogP contribution in [0.15, 0.2) is 247 Å². The lowest BCUT2D eigenvalue weighted by Crippen LogP contribution is -2.12. The summed E-state index contributed by atoms with van der Waals surface area (Å²) in [6, 6.07) is 88.5. The molecule has 3 nitrogen and oxygen atoms in total. The molecule has 0 aliphatic carbocycles. The first-order valence-corrected chi connectivity index (χ1v) is 24.9. The Hall–Kier alpha value is -8.66. The normalized spacial score (nSPS) is 11.6. The molecule has 0 aliphatic heterocycles. The minimum Gasteiger partial charge on any atom is -0.456 e. The maximum atomic E-state index is 6.86. The molecule has 0 spiro atoms. The fourth-order valence-electron chi connectivity index (χ4n) is 10.4. The van der Waals surface area contributed by atoms with E-state index in [-0.39, 0.29) is 0 Å². The molecule has 342 valence electrons. The molecule has 0 aliphatic rings. The van der Waals surface area contributed by atoms with E-state index >= 15 is 0 Å². The number of benzene rings is 11. The van der Waals surface area contributed by atoms with Gasteiger partial charge < -0.3 is 14.2 Å². The van der Waals surface area contributed by atoms with E-state index in [0.29, 0.717) is 11.8 Å². The Morgan fingerprint density at radius 2 is 0.676 bits per heavy atom. The van der Waals surface area contributed by atoms with E-state index in [1.165, 1.54) is 38.9 Å². The summed E-state index contributed by atoms with van der Waals surface area (Å²) < 4.78 is 6.86. The smallest absolute Gasteiger partial charge is 0.136 e. The van der Waals surface area contributed by atoms with Crippen LogP contribution in [0.4, 0.5) is 34.1 Å². The summed E-state index contributed by atoms with van der Waals surface area (Å²) in [5, 5.41) is 6.76. The Morgan fingerprint density at radius 1 is 0.296 bits per heavy atom. The highest BCUT2D eigenvalue weighted by Crippen LogP contribution is 2.47. The van der Waals surface area contributed by atoms with E-state index < -0.39 is 0 Å². The van der Waals surface area contributed by atoms with Crippen molar-refractivity contribution in [3.05, 3.63) is 254 Å². The van der Waals surface area contributed by atoms with Gasteiger partial charge in [0.1, 0.15) is 11.2 Å². The zero-order valence-electron chi connectivity index (χ0n) is 40.6. The highest BCUT2D eigenvalue weighted by molar-refractivity contribution is 6.14. The lowest BCUT2D eigenvalue weighted by atomic mass is 9.96. The number of hydrogen-bond donors (Lipinski definition) is 0. The Morgan fingerprint density at radius 3 is 1.13 bits per heavy atom. The Kier molecular flexibility index (Phi) is 11.3. The van der Waals surface area contributed by atoms with Crippen LogP contribution in [0.5, 0.6) is 0 Å². The number of fused-ring (bicyclic) bond motifs is 5. The molecular weight excluding hydrogens is 861 g/mol. The fraction of sp³-hybridized carbons (Fsp3) is 0.0882. The van der Waals surface area contributed by atoms with E-state index in [2.05, 4.69) is 280 Å². The van der Waals surface area contributed by atoms with Gasteiger partial charge >= 0.3 is 0 Å². The van der Waals surface area contributed by atoms with Crippen molar-refractivity contribution in [3.8, 4) is 33.4 Å². The zero-order chi connectivity index (χ0) is 48.0. The summed E-state index contributed by atoms with van der Waals surface area (Å²) in [7, 11) is 0. The van der Waals surface area contributed by atoms with Gasteiger partial charge in [-0.2, -0.15) is 0 Å². The van der Waals surface area contributed by atoms with Gasteiger partial charge in [-0.3, -0.25) is 0 Å². The number of hydrogen-bond acceptors (Lipinski definition) is 3. The van der Waals surface area contributed by atoms with Gasteiger partial charge in [-0.15, -0.1) is 0 Å². The van der Waals surface area contributed by atoms with Crippen LogP contribution in [-0.4, -0.2) is 0 Å². The Bertz CT molecular complexity index is 3870. The molecule has 0 saturated carbocycles. The van der Waals surface area contributed by atoms with Gasteiger partial charge in [-0.25, -0.2) is 0 Å². The zero-order valence-corrected chi connectivity index (χ0v) is 40.6. The molecule has 0 fully saturated rings. The molecule has 1 heterocycles. The Balaban J connectivity index is 0.973. The average Bonchev–Trinajstić information content (AvgIpc) is 3.76. The monoisotopic (exact) mass is 914 g/mol. The predicted octanol–water partition coefficient (Wildman–Crippen LogP) is 20.1. The summed E-state index contributed by atoms with van der Waals surface area (Å²) in [6.45, 7) is 8.98. The van der Waals surface area contributed by atoms with Crippen molar-refractivity contribution in [2.45, 2.75) is 39.5 Å². The predicted molar refractivity (Wildman–Crippen MR) is 303 cm³/mol. The second-order valence-corrected chi connectivity index (χ2v) is 19.3. The van der Waals surface area contributed by atoms with E-state index in [4.69, 9.17) is 4.42 Å². The van der Waals surface area contributed by atoms with Crippen LogP contribution in [0.25, 0.3) is 76.9 Å². The molecule has 11 aromatic carbocycles. The highest BCUT2D eigenvalue weighted by Gasteiger charge is 2.22. The lowest BCUT2D eigenvalue weighted by Gasteiger charge is -2.30. The summed E-state index contributed by atoms with van der Waals surface area (Å²) in [6.07, 6.45) is 0. The number of rotatable bonds is 11. The number of anilines is 6. The molecule has 0 N–H and O–H groups in total. The largest absolute Gasteiger partial charge is 0.456 e. The highest BCUT2D eigenvalue weighted by atomic mass is 16.3. The Labute approximate surface area is 416 Å². The quantitative estimate of drug-likeness (QED) is 0.129. The second-order valence-electron chi connectivity index (χ2n) is 19.3. The topological polar surface area (TPSA) is 19.6 Å². The van der Waals surface area contributed by atoms with Crippen molar-refractivity contribution < 1.29 is 4.42 Å².